The van der Waals surface area contributed by atoms with E-state index in [4.69, 9.17) is 9.47 Å². The number of hydrogen-bond acceptors (Lipinski definition) is 4. The lowest BCUT2D eigenvalue weighted by Gasteiger charge is -2.36. The third kappa shape index (κ3) is 3.82. The van der Waals surface area contributed by atoms with Crippen molar-refractivity contribution in [3.63, 3.8) is 0 Å². The second kappa shape index (κ2) is 7.48. The Morgan fingerprint density at radius 1 is 1.16 bits per heavy atom. The van der Waals surface area contributed by atoms with Gasteiger partial charge in [0.2, 0.25) is 0 Å². The number of likely N-dealkylation sites (tertiary alicyclic amines) is 1. The standard InChI is InChI=1S/C20H27N3O2/c1-16-21-8-11-22(16)10-7-18-4-2-3-9-23(18)15-17-5-6-19-20(14-17)25-13-12-24-19/h5-6,8,11,14,18H,2-4,7,9-10,12-13,15H2,1H3/t18-/m0/s1. The number of fused-ring (bicyclic) bond motifs is 1. The van der Waals surface area contributed by atoms with Gasteiger partial charge in [-0.05, 0) is 50.4 Å². The summed E-state index contributed by atoms with van der Waals surface area (Å²) >= 11 is 0. The van der Waals surface area contributed by atoms with Gasteiger partial charge in [-0.1, -0.05) is 12.5 Å². The van der Waals surface area contributed by atoms with Crippen molar-refractivity contribution in [1.82, 2.24) is 14.5 Å². The highest BCUT2D eigenvalue weighted by atomic mass is 16.6. The van der Waals surface area contributed by atoms with Crippen LogP contribution in [0.2, 0.25) is 0 Å². The average molecular weight is 341 g/mol. The third-order valence-electron chi connectivity index (χ3n) is 5.37. The van der Waals surface area contributed by atoms with Crippen molar-refractivity contribution in [3.8, 4) is 11.5 Å². The minimum Gasteiger partial charge on any atom is -0.486 e. The van der Waals surface area contributed by atoms with Crippen molar-refractivity contribution in [2.75, 3.05) is 19.8 Å². The molecule has 0 amide bonds. The zero-order chi connectivity index (χ0) is 17.1. The van der Waals surface area contributed by atoms with Crippen molar-refractivity contribution in [3.05, 3.63) is 42.0 Å². The molecule has 1 aromatic carbocycles. The molecular formula is C20H27N3O2. The number of rotatable bonds is 5. The van der Waals surface area contributed by atoms with Crippen LogP contribution in [-0.2, 0) is 13.1 Å². The van der Waals surface area contributed by atoms with E-state index in [-0.39, 0.29) is 0 Å². The molecule has 0 saturated carbocycles. The Kier molecular flexibility index (Phi) is 4.92. The molecular weight excluding hydrogens is 314 g/mol. The lowest BCUT2D eigenvalue weighted by atomic mass is 9.98. The molecule has 0 spiro atoms. The highest BCUT2D eigenvalue weighted by molar-refractivity contribution is 5.43. The van der Waals surface area contributed by atoms with E-state index in [1.807, 2.05) is 6.20 Å². The number of nitrogens with zero attached hydrogens (tertiary/aromatic N) is 3. The Labute approximate surface area is 149 Å². The van der Waals surface area contributed by atoms with Crippen LogP contribution in [0.25, 0.3) is 0 Å². The van der Waals surface area contributed by atoms with Crippen molar-refractivity contribution in [2.45, 2.75) is 51.7 Å². The average Bonchev–Trinajstić information content (AvgIpc) is 3.06. The quantitative estimate of drug-likeness (QED) is 0.835. The highest BCUT2D eigenvalue weighted by Gasteiger charge is 2.23. The number of hydrogen-bond donors (Lipinski definition) is 0. The number of piperidine rings is 1. The molecule has 1 aromatic heterocycles. The lowest BCUT2D eigenvalue weighted by molar-refractivity contribution is 0.127. The summed E-state index contributed by atoms with van der Waals surface area (Å²) in [5, 5.41) is 0. The summed E-state index contributed by atoms with van der Waals surface area (Å²) in [4.78, 5) is 6.97. The van der Waals surface area contributed by atoms with E-state index in [1.165, 1.54) is 37.8 Å². The van der Waals surface area contributed by atoms with E-state index in [0.29, 0.717) is 19.3 Å². The Morgan fingerprint density at radius 3 is 2.88 bits per heavy atom. The van der Waals surface area contributed by atoms with Crippen molar-refractivity contribution in [1.29, 1.82) is 0 Å². The third-order valence-corrected chi connectivity index (χ3v) is 5.37. The molecule has 1 atom stereocenters. The molecule has 2 aliphatic rings. The summed E-state index contributed by atoms with van der Waals surface area (Å²) in [7, 11) is 0. The first-order valence-corrected chi connectivity index (χ1v) is 9.40. The molecule has 0 N–H and O–H groups in total. The topological polar surface area (TPSA) is 39.5 Å². The molecule has 0 aliphatic carbocycles. The van der Waals surface area contributed by atoms with Gasteiger partial charge >= 0.3 is 0 Å². The molecule has 0 unspecified atom stereocenters. The van der Waals surface area contributed by atoms with Crippen LogP contribution in [0.15, 0.2) is 30.6 Å². The first-order chi connectivity index (χ1) is 12.3. The molecule has 25 heavy (non-hydrogen) atoms. The Hall–Kier alpha value is -2.01. The van der Waals surface area contributed by atoms with E-state index >= 15 is 0 Å². The van der Waals surface area contributed by atoms with Gasteiger partial charge < -0.3 is 14.0 Å². The van der Waals surface area contributed by atoms with Crippen LogP contribution < -0.4 is 9.47 Å². The molecule has 4 rings (SSSR count). The molecule has 3 heterocycles. The molecule has 134 valence electrons. The fraction of sp³-hybridized carbons (Fsp3) is 0.550. The number of benzene rings is 1. The molecule has 5 heteroatoms. The van der Waals surface area contributed by atoms with Crippen LogP contribution in [0.4, 0.5) is 0 Å². The predicted octanol–water partition coefficient (Wildman–Crippen LogP) is 3.41. The fourth-order valence-corrected chi connectivity index (χ4v) is 3.94. The summed E-state index contributed by atoms with van der Waals surface area (Å²) in [6, 6.07) is 7.03. The van der Waals surface area contributed by atoms with Gasteiger partial charge in [0.15, 0.2) is 11.5 Å². The van der Waals surface area contributed by atoms with Gasteiger partial charge in [-0.2, -0.15) is 0 Å². The van der Waals surface area contributed by atoms with Crippen LogP contribution in [0.1, 0.15) is 37.1 Å². The molecule has 2 aromatic rings. The molecule has 1 fully saturated rings. The molecule has 0 radical (unpaired) electrons. The Balaban J connectivity index is 1.41. The number of aromatic nitrogens is 2. The predicted molar refractivity (Wildman–Crippen MR) is 97.1 cm³/mol. The molecule has 1 saturated heterocycles. The van der Waals surface area contributed by atoms with Crippen molar-refractivity contribution >= 4 is 0 Å². The number of ether oxygens (including phenoxy) is 2. The van der Waals surface area contributed by atoms with Crippen LogP contribution >= 0.6 is 0 Å². The highest BCUT2D eigenvalue weighted by Crippen LogP contribution is 2.32. The van der Waals surface area contributed by atoms with E-state index in [1.54, 1.807) is 0 Å². The van der Waals surface area contributed by atoms with Gasteiger partial charge in [-0.15, -0.1) is 0 Å². The zero-order valence-electron chi connectivity index (χ0n) is 15.0. The van der Waals surface area contributed by atoms with Gasteiger partial charge in [0, 0.05) is 31.5 Å². The molecule has 2 aliphatic heterocycles. The summed E-state index contributed by atoms with van der Waals surface area (Å²) in [6.07, 6.45) is 9.09. The van der Waals surface area contributed by atoms with E-state index in [0.717, 1.165) is 30.4 Å². The molecule has 5 nitrogen and oxygen atoms in total. The lowest BCUT2D eigenvalue weighted by Crippen LogP contribution is -2.39. The van der Waals surface area contributed by atoms with Crippen LogP contribution in [0.3, 0.4) is 0 Å². The molecule has 0 bridgehead atoms. The minimum absolute atomic E-state index is 0.642. The van der Waals surface area contributed by atoms with Crippen LogP contribution in [-0.4, -0.2) is 40.3 Å². The SMILES string of the molecule is Cc1nccn1CC[C@@H]1CCCCN1Cc1ccc2c(c1)OCCO2. The van der Waals surface area contributed by atoms with Gasteiger partial charge in [0.1, 0.15) is 19.0 Å². The van der Waals surface area contributed by atoms with Gasteiger partial charge in [0.25, 0.3) is 0 Å². The minimum atomic E-state index is 0.642. The van der Waals surface area contributed by atoms with E-state index in [9.17, 15) is 0 Å². The summed E-state index contributed by atoms with van der Waals surface area (Å²) in [5.74, 6) is 2.88. The summed E-state index contributed by atoms with van der Waals surface area (Å²) < 4.78 is 13.6. The largest absolute Gasteiger partial charge is 0.486 e. The maximum Gasteiger partial charge on any atom is 0.161 e. The number of imidazole rings is 1. The maximum atomic E-state index is 5.74. The maximum absolute atomic E-state index is 5.74. The van der Waals surface area contributed by atoms with E-state index < -0.39 is 0 Å². The van der Waals surface area contributed by atoms with Gasteiger partial charge in [0.05, 0.1) is 0 Å². The van der Waals surface area contributed by atoms with Crippen molar-refractivity contribution < 1.29 is 9.47 Å². The normalized spacial score (nSPS) is 20.6. The summed E-state index contributed by atoms with van der Waals surface area (Å²) in [5.41, 5.74) is 1.31. The van der Waals surface area contributed by atoms with Gasteiger partial charge in [-0.3, -0.25) is 4.90 Å². The smallest absolute Gasteiger partial charge is 0.161 e. The first kappa shape index (κ1) is 16.5. The van der Waals surface area contributed by atoms with Gasteiger partial charge in [-0.25, -0.2) is 4.98 Å². The fourth-order valence-electron chi connectivity index (χ4n) is 3.94. The first-order valence-electron chi connectivity index (χ1n) is 9.40. The second-order valence-electron chi connectivity index (χ2n) is 7.05. The Morgan fingerprint density at radius 2 is 2.04 bits per heavy atom. The van der Waals surface area contributed by atoms with Crippen LogP contribution in [0.5, 0.6) is 11.5 Å². The second-order valence-corrected chi connectivity index (χ2v) is 7.05. The number of aryl methyl sites for hydroxylation is 2. The Bertz CT molecular complexity index is 713. The summed E-state index contributed by atoms with van der Waals surface area (Å²) in [6.45, 7) is 6.59. The monoisotopic (exact) mass is 341 g/mol. The van der Waals surface area contributed by atoms with Crippen molar-refractivity contribution in [2.24, 2.45) is 0 Å². The van der Waals surface area contributed by atoms with Crippen LogP contribution in [0, 0.1) is 6.92 Å². The van der Waals surface area contributed by atoms with E-state index in [2.05, 4.69) is 45.8 Å². The zero-order valence-corrected chi connectivity index (χ0v) is 15.0.